The van der Waals surface area contributed by atoms with Crippen molar-refractivity contribution in [2.24, 2.45) is 0 Å². The minimum atomic E-state index is -0.116. The van der Waals surface area contributed by atoms with Crippen LogP contribution in [0.2, 0.25) is 0 Å². The molecule has 1 amide bonds. The van der Waals surface area contributed by atoms with Gasteiger partial charge in [-0.15, -0.1) is 11.8 Å². The van der Waals surface area contributed by atoms with Crippen LogP contribution in [0.5, 0.6) is 5.75 Å². The zero-order valence-corrected chi connectivity index (χ0v) is 17.8. The number of hydrogen-bond donors (Lipinski definition) is 0. The molecule has 29 heavy (non-hydrogen) atoms. The van der Waals surface area contributed by atoms with Gasteiger partial charge in [0.2, 0.25) is 0 Å². The summed E-state index contributed by atoms with van der Waals surface area (Å²) >= 11 is 3.07. The van der Waals surface area contributed by atoms with Gasteiger partial charge < -0.3 is 9.15 Å². The molecule has 0 aliphatic rings. The number of anilines is 1. The highest BCUT2D eigenvalue weighted by molar-refractivity contribution is 7.98. The molecule has 0 saturated heterocycles. The maximum absolute atomic E-state index is 13.4. The number of thioether (sulfide) groups is 1. The molecule has 4 rings (SSSR count). The number of ether oxygens (including phenoxy) is 1. The van der Waals surface area contributed by atoms with E-state index in [0.717, 1.165) is 20.9 Å². The van der Waals surface area contributed by atoms with Crippen molar-refractivity contribution in [3.8, 4) is 5.75 Å². The fourth-order valence-corrected chi connectivity index (χ4v) is 4.44. The largest absolute Gasteiger partial charge is 0.492 e. The number of benzene rings is 2. The van der Waals surface area contributed by atoms with Crippen LogP contribution >= 0.6 is 23.1 Å². The summed E-state index contributed by atoms with van der Waals surface area (Å²) in [5.74, 6) is 1.31. The number of aromatic nitrogens is 1. The van der Waals surface area contributed by atoms with Crippen molar-refractivity contribution in [2.45, 2.75) is 18.4 Å². The van der Waals surface area contributed by atoms with Crippen LogP contribution in [-0.4, -0.2) is 23.8 Å². The van der Waals surface area contributed by atoms with E-state index < -0.39 is 0 Å². The number of para-hydroxylation sites is 1. The number of hydrogen-bond acceptors (Lipinski definition) is 6. The summed E-state index contributed by atoms with van der Waals surface area (Å²) in [7, 11) is 0. The van der Waals surface area contributed by atoms with Crippen molar-refractivity contribution in [3.63, 3.8) is 0 Å². The fraction of sp³-hybridized carbons (Fsp3) is 0.182. The smallest absolute Gasteiger partial charge is 0.260 e. The fourth-order valence-electron chi connectivity index (χ4n) is 3.00. The second-order valence-corrected chi connectivity index (χ2v) is 8.12. The predicted octanol–water partition coefficient (Wildman–Crippen LogP) is 5.86. The lowest BCUT2D eigenvalue weighted by atomic mass is 10.2. The first-order chi connectivity index (χ1) is 14.2. The van der Waals surface area contributed by atoms with Crippen LogP contribution in [0.3, 0.4) is 0 Å². The standard InChI is InChI=1S/C22H20N2O3S2/c1-3-26-18-10-5-11-19-20(18)23-22(29-19)24(14-16-8-6-12-27-16)21(25)15-7-4-9-17(13-15)28-2/h4-13H,3,14H2,1-2H3. The molecule has 0 spiro atoms. The minimum Gasteiger partial charge on any atom is -0.492 e. The molecule has 0 unspecified atom stereocenters. The third kappa shape index (κ3) is 4.16. The Balaban J connectivity index is 1.77. The number of carbonyl (C=O) groups is 1. The summed E-state index contributed by atoms with van der Waals surface area (Å²) in [6.07, 6.45) is 3.60. The third-order valence-corrected chi connectivity index (χ3v) is 6.13. The molecule has 0 saturated carbocycles. The molecule has 7 heteroatoms. The van der Waals surface area contributed by atoms with Gasteiger partial charge in [0.25, 0.3) is 5.91 Å². The summed E-state index contributed by atoms with van der Waals surface area (Å²) in [6, 6.07) is 17.1. The zero-order valence-electron chi connectivity index (χ0n) is 16.1. The van der Waals surface area contributed by atoms with Crippen LogP contribution in [-0.2, 0) is 6.54 Å². The van der Waals surface area contributed by atoms with E-state index in [1.165, 1.54) is 11.3 Å². The number of fused-ring (bicyclic) bond motifs is 1. The second kappa shape index (κ2) is 8.71. The Morgan fingerprint density at radius 1 is 1.21 bits per heavy atom. The molecule has 0 atom stereocenters. The lowest BCUT2D eigenvalue weighted by Crippen LogP contribution is -2.30. The summed E-state index contributed by atoms with van der Waals surface area (Å²) in [5.41, 5.74) is 1.39. The number of carbonyl (C=O) groups excluding carboxylic acids is 1. The number of rotatable bonds is 7. The summed E-state index contributed by atoms with van der Waals surface area (Å²) < 4.78 is 12.2. The molecule has 0 radical (unpaired) electrons. The van der Waals surface area contributed by atoms with E-state index in [4.69, 9.17) is 14.1 Å². The topological polar surface area (TPSA) is 55.6 Å². The normalized spacial score (nSPS) is 11.0. The van der Waals surface area contributed by atoms with Crippen molar-refractivity contribution in [2.75, 3.05) is 17.8 Å². The first-order valence-corrected chi connectivity index (χ1v) is 11.2. The third-order valence-electron chi connectivity index (χ3n) is 4.36. The quantitative estimate of drug-likeness (QED) is 0.348. The van der Waals surface area contributed by atoms with E-state index in [9.17, 15) is 4.79 Å². The average Bonchev–Trinajstić information content (AvgIpc) is 3.42. The van der Waals surface area contributed by atoms with Gasteiger partial charge in [-0.2, -0.15) is 0 Å². The van der Waals surface area contributed by atoms with Crippen LogP contribution < -0.4 is 9.64 Å². The van der Waals surface area contributed by atoms with Crippen LogP contribution in [0, 0.1) is 0 Å². The Hall–Kier alpha value is -2.77. The SMILES string of the molecule is CCOc1cccc2sc(N(Cc3ccco3)C(=O)c3cccc(SC)c3)nc12. The number of furan rings is 1. The monoisotopic (exact) mass is 424 g/mol. The predicted molar refractivity (Wildman–Crippen MR) is 118 cm³/mol. The van der Waals surface area contributed by atoms with Crippen molar-refractivity contribution in [1.29, 1.82) is 0 Å². The van der Waals surface area contributed by atoms with E-state index in [-0.39, 0.29) is 5.91 Å². The zero-order chi connectivity index (χ0) is 20.2. The maximum atomic E-state index is 13.4. The molecule has 2 heterocycles. The molecule has 0 N–H and O–H groups in total. The molecule has 5 nitrogen and oxygen atoms in total. The van der Waals surface area contributed by atoms with E-state index in [1.807, 2.05) is 67.8 Å². The van der Waals surface area contributed by atoms with Crippen LogP contribution in [0.1, 0.15) is 23.0 Å². The molecule has 4 aromatic rings. The van der Waals surface area contributed by atoms with Crippen LogP contribution in [0.25, 0.3) is 10.2 Å². The lowest BCUT2D eigenvalue weighted by Gasteiger charge is -2.19. The van der Waals surface area contributed by atoms with Gasteiger partial charge in [0.1, 0.15) is 17.0 Å². The maximum Gasteiger partial charge on any atom is 0.260 e. The lowest BCUT2D eigenvalue weighted by molar-refractivity contribution is 0.0983. The first kappa shape index (κ1) is 19.5. The Labute approximate surface area is 177 Å². The van der Waals surface area contributed by atoms with Gasteiger partial charge in [0.05, 0.1) is 24.1 Å². The molecule has 148 valence electrons. The van der Waals surface area contributed by atoms with Gasteiger partial charge in [-0.25, -0.2) is 4.98 Å². The van der Waals surface area contributed by atoms with Crippen molar-refractivity contribution in [1.82, 2.24) is 4.98 Å². The Kier molecular flexibility index (Phi) is 5.87. The van der Waals surface area contributed by atoms with Crippen LogP contribution in [0.15, 0.2) is 70.2 Å². The van der Waals surface area contributed by atoms with Gasteiger partial charge in [0.15, 0.2) is 5.13 Å². The van der Waals surface area contributed by atoms with Gasteiger partial charge in [-0.05, 0) is 55.6 Å². The van der Waals surface area contributed by atoms with Gasteiger partial charge in [-0.3, -0.25) is 9.69 Å². The Morgan fingerprint density at radius 2 is 2.07 bits per heavy atom. The minimum absolute atomic E-state index is 0.116. The Bertz CT molecular complexity index is 1120. The Morgan fingerprint density at radius 3 is 2.83 bits per heavy atom. The molecule has 2 aromatic carbocycles. The highest BCUT2D eigenvalue weighted by atomic mass is 32.2. The van der Waals surface area contributed by atoms with Crippen LogP contribution in [0.4, 0.5) is 5.13 Å². The molecule has 0 aliphatic heterocycles. The molecule has 0 fully saturated rings. The van der Waals surface area contributed by atoms with Gasteiger partial charge in [-0.1, -0.05) is 23.5 Å². The second-order valence-electron chi connectivity index (χ2n) is 6.23. The average molecular weight is 425 g/mol. The molecule has 0 bridgehead atoms. The van der Waals surface area contributed by atoms with E-state index in [0.29, 0.717) is 29.6 Å². The number of amides is 1. The van der Waals surface area contributed by atoms with Gasteiger partial charge >= 0.3 is 0 Å². The molecular weight excluding hydrogens is 404 g/mol. The summed E-state index contributed by atoms with van der Waals surface area (Å²) in [4.78, 5) is 20.9. The first-order valence-electron chi connectivity index (χ1n) is 9.20. The highest BCUT2D eigenvalue weighted by Crippen LogP contribution is 2.35. The van der Waals surface area contributed by atoms with Crippen molar-refractivity contribution in [3.05, 3.63) is 72.2 Å². The molecule has 2 aromatic heterocycles. The summed E-state index contributed by atoms with van der Waals surface area (Å²) in [5, 5.41) is 0.614. The molecule has 0 aliphatic carbocycles. The number of nitrogens with zero attached hydrogens (tertiary/aromatic N) is 2. The summed E-state index contributed by atoms with van der Waals surface area (Å²) in [6.45, 7) is 2.80. The highest BCUT2D eigenvalue weighted by Gasteiger charge is 2.23. The van der Waals surface area contributed by atoms with E-state index in [2.05, 4.69) is 0 Å². The number of thiazole rings is 1. The van der Waals surface area contributed by atoms with E-state index in [1.54, 1.807) is 22.9 Å². The molecular formula is C22H20N2O3S2. The van der Waals surface area contributed by atoms with E-state index >= 15 is 0 Å². The van der Waals surface area contributed by atoms with Crippen molar-refractivity contribution < 1.29 is 13.9 Å². The van der Waals surface area contributed by atoms with Crippen molar-refractivity contribution >= 4 is 44.4 Å². The van der Waals surface area contributed by atoms with Gasteiger partial charge in [0, 0.05) is 10.5 Å².